The van der Waals surface area contributed by atoms with Gasteiger partial charge in [0, 0.05) is 19.5 Å². The fraction of sp³-hybridized carbons (Fsp3) is 0.889. The van der Waals surface area contributed by atoms with Crippen molar-refractivity contribution in [1.29, 1.82) is 0 Å². The molecule has 1 aliphatic carbocycles. The summed E-state index contributed by atoms with van der Waals surface area (Å²) in [7, 11) is 0. The normalized spacial score (nSPS) is 48.7. The Labute approximate surface area is 79.7 Å². The molecule has 5 heteroatoms. The molecule has 1 saturated carbocycles. The van der Waals surface area contributed by atoms with Crippen LogP contribution in [0.1, 0.15) is 19.3 Å². The largest absolute Gasteiger partial charge is 0.480 e. The van der Waals surface area contributed by atoms with E-state index in [0.29, 0.717) is 13.0 Å². The van der Waals surface area contributed by atoms with Gasteiger partial charge in [0.15, 0.2) is 0 Å². The van der Waals surface area contributed by atoms with Gasteiger partial charge in [0.05, 0.1) is 5.41 Å². The van der Waals surface area contributed by atoms with Crippen molar-refractivity contribution >= 4 is 5.97 Å². The standard InChI is InChI=1S/C9H11F2NO2/c10-9(11)4-7(9)3-8(6(13)14)1-2-12(8)5-7/h1-5H2,(H,13,14)/t7-,8?/m1/s1. The molecular formula is C9H11F2NO2. The smallest absolute Gasteiger partial charge is 0.324 e. The van der Waals surface area contributed by atoms with Gasteiger partial charge < -0.3 is 5.11 Å². The van der Waals surface area contributed by atoms with Crippen LogP contribution in [-0.4, -0.2) is 40.5 Å². The lowest BCUT2D eigenvalue weighted by molar-refractivity contribution is -0.157. The lowest BCUT2D eigenvalue weighted by Crippen LogP contribution is -2.60. The van der Waals surface area contributed by atoms with Crippen LogP contribution in [0.15, 0.2) is 0 Å². The van der Waals surface area contributed by atoms with Crippen molar-refractivity contribution in [1.82, 2.24) is 4.90 Å². The van der Waals surface area contributed by atoms with Crippen LogP contribution >= 0.6 is 0 Å². The number of fused-ring (bicyclic) bond motifs is 1. The molecule has 1 N–H and O–H groups in total. The summed E-state index contributed by atoms with van der Waals surface area (Å²) >= 11 is 0. The lowest BCUT2D eigenvalue weighted by Gasteiger charge is -2.44. The van der Waals surface area contributed by atoms with Gasteiger partial charge in [-0.3, -0.25) is 9.69 Å². The molecular weight excluding hydrogens is 192 g/mol. The van der Waals surface area contributed by atoms with E-state index in [1.807, 2.05) is 0 Å². The molecule has 3 rings (SSSR count). The Hall–Kier alpha value is -0.710. The number of halogens is 2. The highest BCUT2D eigenvalue weighted by Crippen LogP contribution is 2.70. The molecule has 2 aliphatic heterocycles. The van der Waals surface area contributed by atoms with Crippen LogP contribution in [0, 0.1) is 5.41 Å². The van der Waals surface area contributed by atoms with E-state index in [2.05, 4.69) is 0 Å². The molecule has 3 aliphatic rings. The van der Waals surface area contributed by atoms with Crippen molar-refractivity contribution in [3.8, 4) is 0 Å². The maximum absolute atomic E-state index is 13.1. The molecule has 0 radical (unpaired) electrons. The van der Waals surface area contributed by atoms with Crippen molar-refractivity contribution in [2.24, 2.45) is 5.41 Å². The number of nitrogens with zero attached hydrogens (tertiary/aromatic N) is 1. The highest BCUT2D eigenvalue weighted by atomic mass is 19.3. The van der Waals surface area contributed by atoms with Gasteiger partial charge in [0.25, 0.3) is 5.92 Å². The Morgan fingerprint density at radius 2 is 2.00 bits per heavy atom. The lowest BCUT2D eigenvalue weighted by atomic mass is 9.82. The summed E-state index contributed by atoms with van der Waals surface area (Å²) in [5.74, 6) is -3.55. The minimum absolute atomic E-state index is 0.120. The molecule has 1 spiro atoms. The number of rotatable bonds is 1. The average Bonchev–Trinajstić information content (AvgIpc) is 2.48. The maximum Gasteiger partial charge on any atom is 0.324 e. The first-order valence-corrected chi connectivity index (χ1v) is 4.78. The van der Waals surface area contributed by atoms with E-state index in [9.17, 15) is 13.6 Å². The van der Waals surface area contributed by atoms with Crippen LogP contribution in [-0.2, 0) is 4.79 Å². The number of carbonyl (C=O) groups is 1. The predicted molar refractivity (Wildman–Crippen MR) is 43.2 cm³/mol. The number of hydrogen-bond donors (Lipinski definition) is 1. The molecule has 0 amide bonds. The zero-order valence-corrected chi connectivity index (χ0v) is 7.59. The van der Waals surface area contributed by atoms with Crippen molar-refractivity contribution in [2.75, 3.05) is 13.1 Å². The highest BCUT2D eigenvalue weighted by molar-refractivity contribution is 5.81. The topological polar surface area (TPSA) is 40.5 Å². The highest BCUT2D eigenvalue weighted by Gasteiger charge is 2.79. The summed E-state index contributed by atoms with van der Waals surface area (Å²) in [5, 5.41) is 9.04. The Bertz CT molecular complexity index is 333. The molecule has 3 fully saturated rings. The zero-order chi connectivity index (χ0) is 10.2. The van der Waals surface area contributed by atoms with Gasteiger partial charge in [-0.1, -0.05) is 0 Å². The summed E-state index contributed by atoms with van der Waals surface area (Å²) in [5.41, 5.74) is -1.94. The zero-order valence-electron chi connectivity index (χ0n) is 7.59. The van der Waals surface area contributed by atoms with E-state index in [-0.39, 0.29) is 19.4 Å². The van der Waals surface area contributed by atoms with Gasteiger partial charge in [-0.2, -0.15) is 0 Å². The minimum Gasteiger partial charge on any atom is -0.480 e. The monoisotopic (exact) mass is 203 g/mol. The minimum atomic E-state index is -2.62. The quantitative estimate of drug-likeness (QED) is 0.689. The molecule has 2 atom stereocenters. The Balaban J connectivity index is 1.91. The van der Waals surface area contributed by atoms with Gasteiger partial charge >= 0.3 is 5.97 Å². The first-order chi connectivity index (χ1) is 6.42. The van der Waals surface area contributed by atoms with Gasteiger partial charge in [-0.25, -0.2) is 8.78 Å². The number of alkyl halides is 2. The van der Waals surface area contributed by atoms with Crippen molar-refractivity contribution in [3.05, 3.63) is 0 Å². The Kier molecular flexibility index (Phi) is 1.20. The molecule has 0 bridgehead atoms. The SMILES string of the molecule is O=C(O)C12CCN1C[C@@]1(C2)CC1(F)F. The van der Waals surface area contributed by atoms with Crippen LogP contribution in [0.3, 0.4) is 0 Å². The summed E-state index contributed by atoms with van der Waals surface area (Å²) < 4.78 is 26.2. The number of carboxylic acids is 1. The van der Waals surface area contributed by atoms with E-state index in [0.717, 1.165) is 0 Å². The van der Waals surface area contributed by atoms with E-state index in [1.165, 1.54) is 0 Å². The van der Waals surface area contributed by atoms with Crippen LogP contribution in [0.4, 0.5) is 8.78 Å². The van der Waals surface area contributed by atoms with Crippen molar-refractivity contribution in [2.45, 2.75) is 30.7 Å². The fourth-order valence-electron chi connectivity index (χ4n) is 3.01. The molecule has 0 aromatic heterocycles. The molecule has 0 aromatic carbocycles. The number of hydrogen-bond acceptors (Lipinski definition) is 2. The summed E-state index contributed by atoms with van der Waals surface area (Å²) in [4.78, 5) is 12.7. The summed E-state index contributed by atoms with van der Waals surface area (Å²) in [6.45, 7) is 0.927. The fourth-order valence-corrected chi connectivity index (χ4v) is 3.01. The number of aliphatic carboxylic acids is 1. The second-order valence-electron chi connectivity index (χ2n) is 4.85. The molecule has 14 heavy (non-hydrogen) atoms. The van der Waals surface area contributed by atoms with Crippen LogP contribution in [0.5, 0.6) is 0 Å². The second kappa shape index (κ2) is 1.96. The molecule has 3 nitrogen and oxygen atoms in total. The van der Waals surface area contributed by atoms with Gasteiger partial charge in [0.2, 0.25) is 0 Å². The van der Waals surface area contributed by atoms with Crippen LogP contribution in [0.2, 0.25) is 0 Å². The second-order valence-corrected chi connectivity index (χ2v) is 4.85. The van der Waals surface area contributed by atoms with E-state index < -0.39 is 22.8 Å². The van der Waals surface area contributed by atoms with Crippen molar-refractivity contribution in [3.63, 3.8) is 0 Å². The summed E-state index contributed by atoms with van der Waals surface area (Å²) in [6, 6.07) is 0. The Morgan fingerprint density at radius 1 is 1.36 bits per heavy atom. The van der Waals surface area contributed by atoms with Gasteiger partial charge in [-0.15, -0.1) is 0 Å². The van der Waals surface area contributed by atoms with E-state index in [4.69, 9.17) is 5.11 Å². The third-order valence-corrected chi connectivity index (χ3v) is 4.13. The van der Waals surface area contributed by atoms with Gasteiger partial charge in [0.1, 0.15) is 5.54 Å². The predicted octanol–water partition coefficient (Wildman–Crippen LogP) is 0.945. The third-order valence-electron chi connectivity index (χ3n) is 4.13. The molecule has 2 saturated heterocycles. The van der Waals surface area contributed by atoms with E-state index >= 15 is 0 Å². The van der Waals surface area contributed by atoms with Gasteiger partial charge in [-0.05, 0) is 12.8 Å². The van der Waals surface area contributed by atoms with Crippen LogP contribution < -0.4 is 0 Å². The molecule has 0 aromatic rings. The first-order valence-electron chi connectivity index (χ1n) is 4.78. The van der Waals surface area contributed by atoms with Crippen LogP contribution in [0.25, 0.3) is 0 Å². The molecule has 1 unspecified atom stereocenters. The van der Waals surface area contributed by atoms with Crippen molar-refractivity contribution < 1.29 is 18.7 Å². The van der Waals surface area contributed by atoms with E-state index in [1.54, 1.807) is 4.90 Å². The third kappa shape index (κ3) is 0.701. The molecule has 2 heterocycles. The maximum atomic E-state index is 13.1. The Morgan fingerprint density at radius 3 is 2.29 bits per heavy atom. The first kappa shape index (κ1) is 8.59. The number of carboxylic acid groups (broad SMARTS) is 1. The summed E-state index contributed by atoms with van der Waals surface area (Å²) in [6.07, 6.45) is 0.550. The molecule has 78 valence electrons. The average molecular weight is 203 g/mol.